The van der Waals surface area contributed by atoms with E-state index in [4.69, 9.17) is 13.9 Å². The van der Waals surface area contributed by atoms with Gasteiger partial charge in [-0.15, -0.1) is 11.3 Å². The van der Waals surface area contributed by atoms with E-state index in [1.807, 2.05) is 52.0 Å². The number of thiophene rings is 1. The van der Waals surface area contributed by atoms with Crippen LogP contribution in [-0.4, -0.2) is 27.3 Å². The Balaban J connectivity index is 1.52. The standard InChI is InChI=1S/C31H37N3O5S/c1-18-25-28(35)34(31(2,3)4)30(36)33(29(25)40-26(18)27-32-13-14-38-27)17-24(22-11-6-7-12-23(22)37-5)39-21-15-19-9-8-10-20(19)16-21/h6-7,11-14,19-21,24H,8-10,15-17H2,1-5H3. The van der Waals surface area contributed by atoms with Crippen LogP contribution in [0, 0.1) is 18.8 Å². The average molecular weight is 564 g/mol. The van der Waals surface area contributed by atoms with E-state index < -0.39 is 11.6 Å². The summed E-state index contributed by atoms with van der Waals surface area (Å²) >= 11 is 1.37. The minimum absolute atomic E-state index is 0.123. The van der Waals surface area contributed by atoms with Crippen LogP contribution in [0.25, 0.3) is 21.0 Å². The Morgan fingerprint density at radius 3 is 2.52 bits per heavy atom. The number of rotatable bonds is 7. The van der Waals surface area contributed by atoms with Crippen LogP contribution in [0.4, 0.5) is 0 Å². The molecule has 0 amide bonds. The van der Waals surface area contributed by atoms with Crippen molar-refractivity contribution < 1.29 is 13.9 Å². The third-order valence-corrected chi connectivity index (χ3v) is 9.95. The molecule has 6 rings (SSSR count). The lowest BCUT2D eigenvalue weighted by Crippen LogP contribution is -2.48. The van der Waals surface area contributed by atoms with Crippen LogP contribution >= 0.6 is 11.3 Å². The molecule has 2 saturated carbocycles. The van der Waals surface area contributed by atoms with Gasteiger partial charge in [0.25, 0.3) is 5.56 Å². The van der Waals surface area contributed by atoms with E-state index in [1.165, 1.54) is 41.4 Å². The number of hydrogen-bond donors (Lipinski definition) is 0. The lowest BCUT2D eigenvalue weighted by Gasteiger charge is -2.27. The molecule has 9 heteroatoms. The maximum atomic E-state index is 14.2. The predicted octanol–water partition coefficient (Wildman–Crippen LogP) is 6.29. The zero-order valence-electron chi connectivity index (χ0n) is 23.8. The van der Waals surface area contributed by atoms with Crippen LogP contribution < -0.4 is 16.0 Å². The number of hydrogen-bond acceptors (Lipinski definition) is 7. The van der Waals surface area contributed by atoms with Gasteiger partial charge in [0.05, 0.1) is 36.2 Å². The molecule has 212 valence electrons. The largest absolute Gasteiger partial charge is 0.496 e. The van der Waals surface area contributed by atoms with Crippen molar-refractivity contribution in [1.82, 2.24) is 14.1 Å². The molecule has 0 bridgehead atoms. The SMILES string of the molecule is COc1ccccc1C(Cn1c(=O)n(C(C)(C)C)c(=O)c2c(C)c(-c3ncco3)sc21)OC1CC2CCCC2C1. The highest BCUT2D eigenvalue weighted by atomic mass is 32.1. The Kier molecular flexibility index (Phi) is 6.99. The van der Waals surface area contributed by atoms with Crippen LogP contribution in [-0.2, 0) is 16.8 Å². The fourth-order valence-electron chi connectivity index (χ4n) is 6.80. The first-order valence-electron chi connectivity index (χ1n) is 14.1. The number of methoxy groups -OCH3 is 1. The first-order valence-corrected chi connectivity index (χ1v) is 15.0. The number of nitrogens with zero attached hydrogens (tertiary/aromatic N) is 3. The quantitative estimate of drug-likeness (QED) is 0.263. The smallest absolute Gasteiger partial charge is 0.332 e. The normalized spacial score (nSPS) is 21.7. The van der Waals surface area contributed by atoms with Gasteiger partial charge in [-0.05, 0) is 64.0 Å². The summed E-state index contributed by atoms with van der Waals surface area (Å²) < 4.78 is 21.3. The van der Waals surface area contributed by atoms with Crippen molar-refractivity contribution in [3.8, 4) is 16.5 Å². The van der Waals surface area contributed by atoms with Crippen LogP contribution in [0.2, 0.25) is 0 Å². The zero-order chi connectivity index (χ0) is 28.2. The average Bonchev–Trinajstić information content (AvgIpc) is 3.69. The van der Waals surface area contributed by atoms with Gasteiger partial charge in [-0.3, -0.25) is 13.9 Å². The van der Waals surface area contributed by atoms with E-state index in [9.17, 15) is 9.59 Å². The molecule has 0 saturated heterocycles. The van der Waals surface area contributed by atoms with Gasteiger partial charge in [0.1, 0.15) is 22.9 Å². The number of aryl methyl sites for hydroxylation is 1. The summed E-state index contributed by atoms with van der Waals surface area (Å²) in [6, 6.07) is 7.86. The molecule has 1 aromatic carbocycles. The van der Waals surface area contributed by atoms with Gasteiger partial charge < -0.3 is 13.9 Å². The first-order chi connectivity index (χ1) is 19.2. The number of aromatic nitrogens is 3. The lowest BCUT2D eigenvalue weighted by molar-refractivity contribution is -0.0237. The highest BCUT2D eigenvalue weighted by Gasteiger charge is 2.39. The Hall–Kier alpha value is -3.17. The number of ether oxygens (including phenoxy) is 2. The van der Waals surface area contributed by atoms with Gasteiger partial charge in [0.2, 0.25) is 5.89 Å². The van der Waals surface area contributed by atoms with Crippen LogP contribution in [0.3, 0.4) is 0 Å². The zero-order valence-corrected chi connectivity index (χ0v) is 24.6. The molecule has 0 aliphatic heterocycles. The summed E-state index contributed by atoms with van der Waals surface area (Å²) in [7, 11) is 1.66. The fraction of sp³-hybridized carbons (Fsp3) is 0.516. The minimum atomic E-state index is -0.717. The number of fused-ring (bicyclic) bond motifs is 2. The molecule has 0 radical (unpaired) electrons. The van der Waals surface area contributed by atoms with Gasteiger partial charge in [0.15, 0.2) is 0 Å². The van der Waals surface area contributed by atoms with E-state index in [1.54, 1.807) is 17.9 Å². The van der Waals surface area contributed by atoms with E-state index in [0.717, 1.165) is 46.4 Å². The highest BCUT2D eigenvalue weighted by molar-refractivity contribution is 7.22. The van der Waals surface area contributed by atoms with Gasteiger partial charge in [-0.1, -0.05) is 37.5 Å². The first kappa shape index (κ1) is 27.0. The van der Waals surface area contributed by atoms with Gasteiger partial charge in [0, 0.05) is 11.1 Å². The van der Waals surface area contributed by atoms with E-state index in [2.05, 4.69) is 4.98 Å². The third-order valence-electron chi connectivity index (χ3n) is 8.65. The molecule has 40 heavy (non-hydrogen) atoms. The summed E-state index contributed by atoms with van der Waals surface area (Å²) in [4.78, 5) is 33.7. The topological polar surface area (TPSA) is 88.5 Å². The molecule has 4 aromatic rings. The van der Waals surface area contributed by atoms with Crippen LogP contribution in [0.5, 0.6) is 5.75 Å². The molecule has 2 aliphatic carbocycles. The van der Waals surface area contributed by atoms with Crippen molar-refractivity contribution in [2.75, 3.05) is 7.11 Å². The van der Waals surface area contributed by atoms with E-state index in [-0.39, 0.29) is 23.9 Å². The fourth-order valence-corrected chi connectivity index (χ4v) is 8.04. The number of oxazole rings is 1. The Morgan fingerprint density at radius 2 is 1.88 bits per heavy atom. The molecule has 0 N–H and O–H groups in total. The van der Waals surface area contributed by atoms with Crippen molar-refractivity contribution in [1.29, 1.82) is 0 Å². The second-order valence-electron chi connectivity index (χ2n) is 12.2. The van der Waals surface area contributed by atoms with Crippen molar-refractivity contribution in [2.45, 2.75) is 84.1 Å². The van der Waals surface area contributed by atoms with Crippen LogP contribution in [0.1, 0.15) is 70.1 Å². The maximum absolute atomic E-state index is 14.2. The summed E-state index contributed by atoms with van der Waals surface area (Å²) in [6.45, 7) is 7.80. The van der Waals surface area contributed by atoms with Crippen molar-refractivity contribution in [3.63, 3.8) is 0 Å². The molecule has 0 spiro atoms. The lowest BCUT2D eigenvalue weighted by atomic mass is 10.0. The molecular weight excluding hydrogens is 526 g/mol. The van der Waals surface area contributed by atoms with Gasteiger partial charge in [-0.2, -0.15) is 0 Å². The van der Waals surface area contributed by atoms with Gasteiger partial charge in [-0.25, -0.2) is 9.78 Å². The summed E-state index contributed by atoms with van der Waals surface area (Å²) in [6.07, 6.45) is 8.76. The molecule has 3 atom stereocenters. The monoisotopic (exact) mass is 563 g/mol. The van der Waals surface area contributed by atoms with E-state index >= 15 is 0 Å². The van der Waals surface area contributed by atoms with Crippen molar-refractivity contribution >= 4 is 21.6 Å². The number of para-hydroxylation sites is 1. The number of benzene rings is 1. The molecular formula is C31H37N3O5S. The van der Waals surface area contributed by atoms with Gasteiger partial charge >= 0.3 is 5.69 Å². The maximum Gasteiger partial charge on any atom is 0.332 e. The van der Waals surface area contributed by atoms with Crippen molar-refractivity contribution in [3.05, 3.63) is 68.7 Å². The second-order valence-corrected chi connectivity index (χ2v) is 13.2. The molecule has 8 nitrogen and oxygen atoms in total. The second kappa shape index (κ2) is 10.3. The highest BCUT2D eigenvalue weighted by Crippen LogP contribution is 2.46. The Morgan fingerprint density at radius 1 is 1.15 bits per heavy atom. The van der Waals surface area contributed by atoms with Crippen LogP contribution in [0.15, 0.2) is 50.7 Å². The Labute approximate surface area is 237 Å². The summed E-state index contributed by atoms with van der Waals surface area (Å²) in [5, 5.41) is 0.516. The van der Waals surface area contributed by atoms with E-state index in [0.29, 0.717) is 16.1 Å². The minimum Gasteiger partial charge on any atom is -0.496 e. The molecule has 3 unspecified atom stereocenters. The molecule has 3 aromatic heterocycles. The Bertz CT molecular complexity index is 1630. The summed E-state index contributed by atoms with van der Waals surface area (Å²) in [5.41, 5.74) is 0.297. The van der Waals surface area contributed by atoms with Crippen molar-refractivity contribution in [2.24, 2.45) is 11.8 Å². The summed E-state index contributed by atoms with van der Waals surface area (Å²) in [5.74, 6) is 2.61. The predicted molar refractivity (Wildman–Crippen MR) is 156 cm³/mol. The molecule has 2 fully saturated rings. The third kappa shape index (κ3) is 4.63. The molecule has 3 heterocycles. The molecule has 2 aliphatic rings.